The van der Waals surface area contributed by atoms with Gasteiger partial charge in [-0.1, -0.05) is 23.7 Å². The van der Waals surface area contributed by atoms with Crippen LogP contribution in [0.3, 0.4) is 0 Å². The number of ether oxygens (including phenoxy) is 1. The fourth-order valence-corrected chi connectivity index (χ4v) is 3.61. The minimum atomic E-state index is 0.221. The predicted octanol–water partition coefficient (Wildman–Crippen LogP) is 4.40. The zero-order chi connectivity index (χ0) is 16.1. The van der Waals surface area contributed by atoms with Gasteiger partial charge in [-0.15, -0.1) is 11.3 Å². The molecule has 2 aromatic rings. The molecule has 0 unspecified atom stereocenters. The molecule has 1 amide bonds. The number of likely N-dealkylation sites (tertiary alicyclic amines) is 1. The molecule has 0 spiro atoms. The standard InChI is InChI=1S/C18H20ClNO2S/c19-15-3-1-2-14(12-15)4-5-18(21)20-9-6-16(7-10-20)22-17-8-11-23-13-17/h1-3,8,11-13,16H,4-7,9-10H2. The van der Waals surface area contributed by atoms with E-state index in [0.29, 0.717) is 6.42 Å². The highest BCUT2D eigenvalue weighted by atomic mass is 35.5. The van der Waals surface area contributed by atoms with E-state index >= 15 is 0 Å². The van der Waals surface area contributed by atoms with Gasteiger partial charge < -0.3 is 9.64 Å². The first kappa shape index (κ1) is 16.3. The molecule has 0 saturated carbocycles. The maximum Gasteiger partial charge on any atom is 0.222 e. The van der Waals surface area contributed by atoms with Crippen molar-refractivity contribution in [1.82, 2.24) is 4.90 Å². The van der Waals surface area contributed by atoms with Gasteiger partial charge >= 0.3 is 0 Å². The second-order valence-corrected chi connectivity index (χ2v) is 7.00. The zero-order valence-corrected chi connectivity index (χ0v) is 14.5. The Morgan fingerprint density at radius 2 is 2.13 bits per heavy atom. The van der Waals surface area contributed by atoms with Crippen LogP contribution in [0.5, 0.6) is 5.75 Å². The molecule has 0 aliphatic carbocycles. The van der Waals surface area contributed by atoms with Crippen molar-refractivity contribution in [2.75, 3.05) is 13.1 Å². The Bertz CT molecular complexity index is 636. The topological polar surface area (TPSA) is 29.5 Å². The van der Waals surface area contributed by atoms with E-state index in [2.05, 4.69) is 0 Å². The van der Waals surface area contributed by atoms with E-state index in [9.17, 15) is 4.79 Å². The van der Waals surface area contributed by atoms with Gasteiger partial charge in [0.05, 0.1) is 0 Å². The first-order valence-corrected chi connectivity index (χ1v) is 9.24. The predicted molar refractivity (Wildman–Crippen MR) is 94.3 cm³/mol. The molecule has 122 valence electrons. The Kier molecular flexibility index (Phi) is 5.57. The summed E-state index contributed by atoms with van der Waals surface area (Å²) >= 11 is 7.61. The van der Waals surface area contributed by atoms with Crippen LogP contribution in [0.2, 0.25) is 5.02 Å². The number of hydrogen-bond donors (Lipinski definition) is 0. The van der Waals surface area contributed by atoms with Crippen LogP contribution in [-0.2, 0) is 11.2 Å². The molecular formula is C18H20ClNO2S. The fraction of sp³-hybridized carbons (Fsp3) is 0.389. The van der Waals surface area contributed by atoms with Gasteiger partial charge in [-0.3, -0.25) is 4.79 Å². The van der Waals surface area contributed by atoms with Gasteiger partial charge in [0.1, 0.15) is 11.9 Å². The Morgan fingerprint density at radius 3 is 2.83 bits per heavy atom. The summed E-state index contributed by atoms with van der Waals surface area (Å²) < 4.78 is 5.92. The first-order chi connectivity index (χ1) is 11.2. The van der Waals surface area contributed by atoms with Gasteiger partial charge in [0.15, 0.2) is 0 Å². The number of amides is 1. The molecule has 1 aliphatic heterocycles. The van der Waals surface area contributed by atoms with Crippen LogP contribution < -0.4 is 4.74 Å². The quantitative estimate of drug-likeness (QED) is 0.800. The highest BCUT2D eigenvalue weighted by Gasteiger charge is 2.23. The fourth-order valence-electron chi connectivity index (χ4n) is 2.84. The number of halogens is 1. The van der Waals surface area contributed by atoms with Crippen molar-refractivity contribution in [3.8, 4) is 5.75 Å². The Morgan fingerprint density at radius 1 is 1.30 bits per heavy atom. The normalized spacial score (nSPS) is 15.6. The Hall–Kier alpha value is -1.52. The largest absolute Gasteiger partial charge is 0.489 e. The number of hydrogen-bond acceptors (Lipinski definition) is 3. The lowest BCUT2D eigenvalue weighted by molar-refractivity contribution is -0.132. The molecule has 3 rings (SSSR count). The van der Waals surface area contributed by atoms with E-state index in [1.807, 2.05) is 46.0 Å². The second-order valence-electron chi connectivity index (χ2n) is 5.79. The van der Waals surface area contributed by atoms with Gasteiger partial charge in [-0.2, -0.15) is 0 Å². The van der Waals surface area contributed by atoms with Crippen molar-refractivity contribution in [2.45, 2.75) is 31.8 Å². The molecule has 0 radical (unpaired) electrons. The van der Waals surface area contributed by atoms with Gasteiger partial charge in [-0.25, -0.2) is 0 Å². The number of carbonyl (C=O) groups is 1. The molecule has 1 fully saturated rings. The summed E-state index contributed by atoms with van der Waals surface area (Å²) in [7, 11) is 0. The van der Waals surface area contributed by atoms with E-state index in [1.165, 1.54) is 0 Å². The van der Waals surface area contributed by atoms with Gasteiger partial charge in [0, 0.05) is 42.8 Å². The molecule has 1 aliphatic rings. The number of benzene rings is 1. The van der Waals surface area contributed by atoms with Crippen molar-refractivity contribution >= 4 is 28.8 Å². The molecule has 0 atom stereocenters. The molecule has 1 saturated heterocycles. The van der Waals surface area contributed by atoms with Crippen LogP contribution in [0.1, 0.15) is 24.8 Å². The molecule has 1 aromatic carbocycles. The third-order valence-electron chi connectivity index (χ3n) is 4.11. The van der Waals surface area contributed by atoms with Crippen LogP contribution in [0, 0.1) is 0 Å². The van der Waals surface area contributed by atoms with E-state index < -0.39 is 0 Å². The van der Waals surface area contributed by atoms with Crippen molar-refractivity contribution in [2.24, 2.45) is 0 Å². The smallest absolute Gasteiger partial charge is 0.222 e. The molecular weight excluding hydrogens is 330 g/mol. The SMILES string of the molecule is O=C(CCc1cccc(Cl)c1)N1CCC(Oc2ccsc2)CC1. The summed E-state index contributed by atoms with van der Waals surface area (Å²) in [5, 5.41) is 4.76. The second kappa shape index (κ2) is 7.84. The number of thiophene rings is 1. The number of aryl methyl sites for hydroxylation is 1. The van der Waals surface area contributed by atoms with Crippen molar-refractivity contribution in [3.05, 3.63) is 51.7 Å². The molecule has 3 nitrogen and oxygen atoms in total. The molecule has 23 heavy (non-hydrogen) atoms. The lowest BCUT2D eigenvalue weighted by Crippen LogP contribution is -2.41. The number of carbonyl (C=O) groups excluding carboxylic acids is 1. The number of piperidine rings is 1. The van der Waals surface area contributed by atoms with Crippen molar-refractivity contribution < 1.29 is 9.53 Å². The maximum atomic E-state index is 12.3. The zero-order valence-electron chi connectivity index (χ0n) is 12.9. The Balaban J connectivity index is 1.43. The van der Waals surface area contributed by atoms with E-state index in [-0.39, 0.29) is 12.0 Å². The number of nitrogens with zero attached hydrogens (tertiary/aromatic N) is 1. The number of rotatable bonds is 5. The van der Waals surface area contributed by atoms with E-state index in [1.54, 1.807) is 11.3 Å². The monoisotopic (exact) mass is 349 g/mol. The first-order valence-electron chi connectivity index (χ1n) is 7.92. The van der Waals surface area contributed by atoms with Crippen LogP contribution >= 0.6 is 22.9 Å². The lowest BCUT2D eigenvalue weighted by Gasteiger charge is -2.32. The minimum Gasteiger partial charge on any atom is -0.489 e. The summed E-state index contributed by atoms with van der Waals surface area (Å²) in [6.45, 7) is 1.56. The average Bonchev–Trinajstić information content (AvgIpc) is 3.06. The summed E-state index contributed by atoms with van der Waals surface area (Å²) in [4.78, 5) is 14.3. The van der Waals surface area contributed by atoms with Gasteiger partial charge in [0.2, 0.25) is 5.91 Å². The summed E-state index contributed by atoms with van der Waals surface area (Å²) in [5.41, 5.74) is 1.11. The van der Waals surface area contributed by atoms with Crippen LogP contribution in [0.15, 0.2) is 41.1 Å². The summed E-state index contributed by atoms with van der Waals surface area (Å²) in [6.07, 6.45) is 3.31. The maximum absolute atomic E-state index is 12.3. The van der Waals surface area contributed by atoms with Gasteiger partial charge in [-0.05, 0) is 35.6 Å². The summed E-state index contributed by atoms with van der Waals surface area (Å²) in [5.74, 6) is 1.17. The van der Waals surface area contributed by atoms with E-state index in [4.69, 9.17) is 16.3 Å². The lowest BCUT2D eigenvalue weighted by atomic mass is 10.1. The highest BCUT2D eigenvalue weighted by molar-refractivity contribution is 7.08. The molecule has 0 N–H and O–H groups in total. The van der Waals surface area contributed by atoms with Crippen LogP contribution in [0.4, 0.5) is 0 Å². The molecule has 2 heterocycles. The average molecular weight is 350 g/mol. The summed E-state index contributed by atoms with van der Waals surface area (Å²) in [6, 6.07) is 9.71. The molecule has 0 bridgehead atoms. The minimum absolute atomic E-state index is 0.221. The van der Waals surface area contributed by atoms with Gasteiger partial charge in [0.25, 0.3) is 0 Å². The van der Waals surface area contributed by atoms with E-state index in [0.717, 1.165) is 48.7 Å². The molecule has 1 aromatic heterocycles. The van der Waals surface area contributed by atoms with Crippen LogP contribution in [0.25, 0.3) is 0 Å². The van der Waals surface area contributed by atoms with Crippen molar-refractivity contribution in [3.63, 3.8) is 0 Å². The highest BCUT2D eigenvalue weighted by Crippen LogP contribution is 2.22. The molecule has 5 heteroatoms. The Labute approximate surface area is 145 Å². The van der Waals surface area contributed by atoms with Crippen molar-refractivity contribution in [1.29, 1.82) is 0 Å². The van der Waals surface area contributed by atoms with Crippen LogP contribution in [-0.4, -0.2) is 30.0 Å². The third-order valence-corrected chi connectivity index (χ3v) is 5.01. The third kappa shape index (κ3) is 4.72.